The van der Waals surface area contributed by atoms with Crippen LogP contribution in [0.4, 0.5) is 0 Å². The van der Waals surface area contributed by atoms with E-state index in [1.165, 1.54) is 22.3 Å². The van der Waals surface area contributed by atoms with Crippen LogP contribution < -0.4 is 18.9 Å². The van der Waals surface area contributed by atoms with Gasteiger partial charge in [0, 0.05) is 10.8 Å². The van der Waals surface area contributed by atoms with Crippen LogP contribution in [0.25, 0.3) is 0 Å². The van der Waals surface area contributed by atoms with Crippen molar-refractivity contribution in [2.45, 2.75) is 38.5 Å². The summed E-state index contributed by atoms with van der Waals surface area (Å²) in [6.07, 6.45) is 0. The molecule has 0 N–H and O–H groups in total. The van der Waals surface area contributed by atoms with E-state index in [2.05, 4.69) is 76.2 Å². The largest absolute Gasteiger partial charge is 0.497 e. The fourth-order valence-electron chi connectivity index (χ4n) is 5.08. The molecule has 0 aliphatic carbocycles. The Kier molecular flexibility index (Phi) is 8.26. The molecule has 0 aromatic heterocycles. The fraction of sp³-hybridized carbons (Fsp3) is 0.211. The van der Waals surface area contributed by atoms with Gasteiger partial charge in [-0.2, -0.15) is 0 Å². The van der Waals surface area contributed by atoms with Crippen LogP contribution in [0.1, 0.15) is 49.9 Å². The van der Waals surface area contributed by atoms with Crippen LogP contribution in [0.2, 0.25) is 0 Å². The lowest BCUT2D eigenvalue weighted by molar-refractivity contribution is 0.412. The summed E-state index contributed by atoms with van der Waals surface area (Å²) in [5.74, 6) is 4.78. The summed E-state index contributed by atoms with van der Waals surface area (Å²) >= 11 is 0. The van der Waals surface area contributed by atoms with Crippen molar-refractivity contribution in [3.63, 3.8) is 0 Å². The van der Waals surface area contributed by atoms with Crippen molar-refractivity contribution in [3.05, 3.63) is 144 Å². The summed E-state index contributed by atoms with van der Waals surface area (Å²) in [6, 6.07) is 40.9. The van der Waals surface area contributed by atoms with Gasteiger partial charge in [0.05, 0.1) is 14.2 Å². The maximum Gasteiger partial charge on any atom is 0.127 e. The zero-order valence-electron chi connectivity index (χ0n) is 25.2. The maximum atomic E-state index is 6.02. The van der Waals surface area contributed by atoms with E-state index >= 15 is 0 Å². The molecule has 0 saturated heterocycles. The third-order valence-corrected chi connectivity index (χ3v) is 8.07. The zero-order valence-corrected chi connectivity index (χ0v) is 25.2. The van der Waals surface area contributed by atoms with Crippen LogP contribution in [0.3, 0.4) is 0 Å². The van der Waals surface area contributed by atoms with Crippen molar-refractivity contribution in [2.24, 2.45) is 0 Å². The summed E-state index contributed by atoms with van der Waals surface area (Å²) in [6.45, 7) is 9.03. The molecule has 42 heavy (non-hydrogen) atoms. The van der Waals surface area contributed by atoms with E-state index in [1.807, 2.05) is 72.8 Å². The second-order valence-electron chi connectivity index (χ2n) is 11.4. The monoisotopic (exact) mass is 558 g/mol. The van der Waals surface area contributed by atoms with Gasteiger partial charge in [-0.15, -0.1) is 0 Å². The van der Waals surface area contributed by atoms with Crippen LogP contribution >= 0.6 is 0 Å². The van der Waals surface area contributed by atoms with Crippen molar-refractivity contribution in [1.29, 1.82) is 0 Å². The molecular weight excluding hydrogens is 520 g/mol. The first kappa shape index (κ1) is 28.8. The minimum atomic E-state index is -0.165. The highest BCUT2D eigenvalue weighted by Gasteiger charge is 2.26. The first-order valence-corrected chi connectivity index (χ1v) is 14.1. The molecule has 5 aromatic rings. The van der Waals surface area contributed by atoms with Crippen molar-refractivity contribution in [3.8, 4) is 34.5 Å². The van der Waals surface area contributed by atoms with Crippen LogP contribution in [-0.2, 0) is 10.8 Å². The van der Waals surface area contributed by atoms with Gasteiger partial charge in [0.15, 0.2) is 0 Å². The highest BCUT2D eigenvalue weighted by atomic mass is 16.5. The van der Waals surface area contributed by atoms with Crippen LogP contribution in [0.5, 0.6) is 34.5 Å². The lowest BCUT2D eigenvalue weighted by Crippen LogP contribution is -2.21. The number of methoxy groups -OCH3 is 2. The average molecular weight is 559 g/mol. The van der Waals surface area contributed by atoms with Gasteiger partial charge in [0.25, 0.3) is 0 Å². The topological polar surface area (TPSA) is 36.9 Å². The Morgan fingerprint density at radius 2 is 0.500 bits per heavy atom. The van der Waals surface area contributed by atoms with Gasteiger partial charge in [-0.25, -0.2) is 0 Å². The van der Waals surface area contributed by atoms with Crippen LogP contribution in [-0.4, -0.2) is 14.2 Å². The molecule has 5 aromatic carbocycles. The summed E-state index contributed by atoms with van der Waals surface area (Å²) < 4.78 is 22.5. The molecule has 0 unspecified atom stereocenters. The fourth-order valence-corrected chi connectivity index (χ4v) is 5.08. The van der Waals surface area contributed by atoms with Crippen molar-refractivity contribution in [1.82, 2.24) is 0 Å². The molecule has 4 heteroatoms. The summed E-state index contributed by atoms with van der Waals surface area (Å²) in [4.78, 5) is 0. The molecular formula is C38H38O4. The molecule has 0 atom stereocenters. The van der Waals surface area contributed by atoms with E-state index < -0.39 is 0 Å². The Hall–Kier alpha value is -4.70. The smallest absolute Gasteiger partial charge is 0.127 e. The summed E-state index contributed by atoms with van der Waals surface area (Å²) in [7, 11) is 3.31. The molecule has 4 nitrogen and oxygen atoms in total. The third kappa shape index (κ3) is 6.28. The minimum absolute atomic E-state index is 0.165. The predicted octanol–water partition coefficient (Wildman–Crippen LogP) is 9.94. The Morgan fingerprint density at radius 1 is 0.310 bits per heavy atom. The predicted molar refractivity (Wildman–Crippen MR) is 170 cm³/mol. The van der Waals surface area contributed by atoms with E-state index in [4.69, 9.17) is 18.9 Å². The van der Waals surface area contributed by atoms with E-state index in [9.17, 15) is 0 Å². The Labute approximate surface area is 249 Å². The van der Waals surface area contributed by atoms with Crippen LogP contribution in [0.15, 0.2) is 121 Å². The van der Waals surface area contributed by atoms with Gasteiger partial charge in [-0.1, -0.05) is 76.2 Å². The van der Waals surface area contributed by atoms with Crippen molar-refractivity contribution >= 4 is 0 Å². The molecule has 0 fully saturated rings. The number of ether oxygens (including phenoxy) is 4. The highest BCUT2D eigenvalue weighted by molar-refractivity contribution is 5.46. The van der Waals surface area contributed by atoms with Gasteiger partial charge in [-0.05, 0) is 95.1 Å². The normalized spacial score (nSPS) is 11.6. The van der Waals surface area contributed by atoms with Crippen molar-refractivity contribution < 1.29 is 18.9 Å². The van der Waals surface area contributed by atoms with E-state index in [0.29, 0.717) is 0 Å². The second-order valence-corrected chi connectivity index (χ2v) is 11.4. The molecule has 0 heterocycles. The Balaban J connectivity index is 1.26. The minimum Gasteiger partial charge on any atom is -0.497 e. The first-order valence-electron chi connectivity index (χ1n) is 14.1. The number of hydrogen-bond donors (Lipinski definition) is 0. The molecule has 0 aliphatic rings. The third-order valence-electron chi connectivity index (χ3n) is 8.07. The maximum absolute atomic E-state index is 6.02. The molecule has 5 rings (SSSR count). The first-order chi connectivity index (χ1) is 20.2. The van der Waals surface area contributed by atoms with Gasteiger partial charge in [0.1, 0.15) is 34.5 Å². The zero-order chi connectivity index (χ0) is 29.7. The number of hydrogen-bond acceptors (Lipinski definition) is 4. The lowest BCUT2D eigenvalue weighted by Gasteiger charge is -2.29. The molecule has 214 valence electrons. The SMILES string of the molecule is COc1ccc(Oc2ccc(C(C)(C)c3ccc(C(C)(C)c4ccc(Oc5ccc(OC)cc5)cc4)cc3)cc2)cc1. The number of benzene rings is 5. The van der Waals surface area contributed by atoms with Crippen LogP contribution in [0, 0.1) is 0 Å². The Morgan fingerprint density at radius 3 is 0.738 bits per heavy atom. The van der Waals surface area contributed by atoms with Crippen molar-refractivity contribution in [2.75, 3.05) is 14.2 Å². The second kappa shape index (κ2) is 12.0. The number of rotatable bonds is 10. The molecule has 0 bridgehead atoms. The summed E-state index contributed by atoms with van der Waals surface area (Å²) in [5, 5.41) is 0. The van der Waals surface area contributed by atoms with Gasteiger partial charge in [-0.3, -0.25) is 0 Å². The van der Waals surface area contributed by atoms with E-state index in [0.717, 1.165) is 34.5 Å². The molecule has 0 radical (unpaired) electrons. The van der Waals surface area contributed by atoms with E-state index in [-0.39, 0.29) is 10.8 Å². The van der Waals surface area contributed by atoms with Gasteiger partial charge >= 0.3 is 0 Å². The van der Waals surface area contributed by atoms with Gasteiger partial charge in [0.2, 0.25) is 0 Å². The average Bonchev–Trinajstić information content (AvgIpc) is 3.02. The standard InChI is InChI=1S/C38H38O4/c1-37(2,29-11-15-33(16-12-29)41-35-23-19-31(39-5)20-24-35)27-7-9-28(10-8-27)38(3,4)30-13-17-34(18-14-30)42-36-25-21-32(40-6)22-26-36/h7-26H,1-6H3. The molecule has 0 aliphatic heterocycles. The van der Waals surface area contributed by atoms with E-state index in [1.54, 1.807) is 14.2 Å². The highest BCUT2D eigenvalue weighted by Crippen LogP contribution is 2.37. The lowest BCUT2D eigenvalue weighted by atomic mass is 9.74. The Bertz CT molecular complexity index is 1460. The molecule has 0 amide bonds. The quantitative estimate of drug-likeness (QED) is 0.171. The molecule has 0 spiro atoms. The molecule has 0 saturated carbocycles. The summed E-state index contributed by atoms with van der Waals surface area (Å²) in [5.41, 5.74) is 4.64. The van der Waals surface area contributed by atoms with Gasteiger partial charge < -0.3 is 18.9 Å².